The summed E-state index contributed by atoms with van der Waals surface area (Å²) < 4.78 is 6.58. The quantitative estimate of drug-likeness (QED) is 0.723. The zero-order valence-corrected chi connectivity index (χ0v) is 11.2. The minimum Gasteiger partial charge on any atom is -0.468 e. The number of hydrogen-bond acceptors (Lipinski definition) is 5. The molecule has 6 nitrogen and oxygen atoms in total. The molecule has 18 heavy (non-hydrogen) atoms. The van der Waals surface area contributed by atoms with E-state index in [1.165, 1.54) is 19.9 Å². The summed E-state index contributed by atoms with van der Waals surface area (Å²) in [5.74, 6) is 0.682. The molecule has 0 bridgehead atoms. The Hall–Kier alpha value is -1.43. The topological polar surface area (TPSA) is 60.2 Å². The second-order valence-electron chi connectivity index (χ2n) is 4.76. The second-order valence-corrected chi connectivity index (χ2v) is 4.76. The third-order valence-electron chi connectivity index (χ3n) is 3.71. The lowest BCUT2D eigenvalue weighted by Gasteiger charge is -2.39. The predicted molar refractivity (Wildman–Crippen MR) is 65.7 cm³/mol. The highest BCUT2D eigenvalue weighted by Crippen LogP contribution is 2.27. The van der Waals surface area contributed by atoms with E-state index in [1.807, 2.05) is 14.0 Å². The van der Waals surface area contributed by atoms with Crippen molar-refractivity contribution in [1.82, 2.24) is 19.7 Å². The van der Waals surface area contributed by atoms with Crippen molar-refractivity contribution < 1.29 is 9.53 Å². The van der Waals surface area contributed by atoms with E-state index >= 15 is 0 Å². The van der Waals surface area contributed by atoms with Crippen molar-refractivity contribution in [3.63, 3.8) is 0 Å². The molecule has 1 saturated carbocycles. The molecule has 0 amide bonds. The first-order chi connectivity index (χ1) is 8.63. The van der Waals surface area contributed by atoms with Crippen LogP contribution in [0.25, 0.3) is 0 Å². The van der Waals surface area contributed by atoms with E-state index in [-0.39, 0.29) is 12.0 Å². The number of carbonyl (C=O) groups excluding carboxylic acids is 1. The average Bonchev–Trinajstić information content (AvgIpc) is 2.70. The fraction of sp³-hybridized carbons (Fsp3) is 0.750. The van der Waals surface area contributed by atoms with Gasteiger partial charge in [0, 0.05) is 13.1 Å². The Morgan fingerprint density at radius 2 is 2.39 bits per heavy atom. The van der Waals surface area contributed by atoms with E-state index in [0.717, 1.165) is 18.7 Å². The van der Waals surface area contributed by atoms with Crippen molar-refractivity contribution in [2.45, 2.75) is 44.8 Å². The first kappa shape index (κ1) is 13.0. The van der Waals surface area contributed by atoms with Crippen LogP contribution in [0.2, 0.25) is 0 Å². The molecule has 1 aromatic heterocycles. The summed E-state index contributed by atoms with van der Waals surface area (Å²) in [5, 5.41) is 4.06. The Morgan fingerprint density at radius 1 is 1.67 bits per heavy atom. The minimum atomic E-state index is -0.239. The number of aryl methyl sites for hydroxylation is 1. The van der Waals surface area contributed by atoms with Crippen molar-refractivity contribution in [2.24, 2.45) is 7.05 Å². The van der Waals surface area contributed by atoms with Crippen LogP contribution in [0.4, 0.5) is 0 Å². The molecule has 1 atom stereocenters. The highest BCUT2D eigenvalue weighted by molar-refractivity contribution is 5.75. The second kappa shape index (κ2) is 5.48. The first-order valence-corrected chi connectivity index (χ1v) is 6.30. The summed E-state index contributed by atoms with van der Waals surface area (Å²) in [6.07, 6.45) is 5.04. The zero-order valence-electron chi connectivity index (χ0n) is 11.2. The highest BCUT2D eigenvalue weighted by Gasteiger charge is 2.33. The van der Waals surface area contributed by atoms with Crippen LogP contribution in [-0.4, -0.2) is 44.8 Å². The maximum absolute atomic E-state index is 11.7. The summed E-state index contributed by atoms with van der Waals surface area (Å²) in [4.78, 5) is 18.1. The molecule has 2 rings (SSSR count). The smallest absolute Gasteiger partial charge is 0.322 e. The van der Waals surface area contributed by atoms with Gasteiger partial charge >= 0.3 is 5.97 Å². The molecule has 0 saturated heterocycles. The Morgan fingerprint density at radius 3 is 2.83 bits per heavy atom. The summed E-state index contributed by atoms with van der Waals surface area (Å²) in [7, 11) is 3.30. The molecule has 6 heteroatoms. The number of esters is 1. The fourth-order valence-electron chi connectivity index (χ4n) is 2.23. The monoisotopic (exact) mass is 252 g/mol. The van der Waals surface area contributed by atoms with Crippen molar-refractivity contribution in [3.05, 3.63) is 12.2 Å². The molecule has 1 fully saturated rings. The van der Waals surface area contributed by atoms with Gasteiger partial charge in [0.15, 0.2) is 0 Å². The van der Waals surface area contributed by atoms with E-state index in [4.69, 9.17) is 4.74 Å². The van der Waals surface area contributed by atoms with Crippen LogP contribution in [0.15, 0.2) is 6.33 Å². The molecule has 1 aliphatic rings. The lowest BCUT2D eigenvalue weighted by molar-refractivity contribution is -0.148. The van der Waals surface area contributed by atoms with Crippen LogP contribution in [0.5, 0.6) is 0 Å². The van der Waals surface area contributed by atoms with E-state index in [9.17, 15) is 4.79 Å². The third kappa shape index (κ3) is 2.53. The van der Waals surface area contributed by atoms with Crippen molar-refractivity contribution in [2.75, 3.05) is 7.11 Å². The maximum atomic E-state index is 11.7. The van der Waals surface area contributed by atoms with Gasteiger partial charge in [0.05, 0.1) is 13.7 Å². The summed E-state index contributed by atoms with van der Waals surface area (Å²) in [5.41, 5.74) is 0. The van der Waals surface area contributed by atoms with Crippen LogP contribution in [0.1, 0.15) is 32.0 Å². The molecule has 0 N–H and O–H groups in total. The number of nitrogens with zero attached hydrogens (tertiary/aromatic N) is 4. The Bertz CT molecular complexity index is 414. The molecular weight excluding hydrogens is 232 g/mol. The predicted octanol–water partition coefficient (Wildman–Crippen LogP) is 0.731. The standard InChI is InChI=1S/C12H20N4O2/c1-9(12(17)18-3)16(10-5-4-6-10)7-11-13-8-14-15(11)2/h8-10H,4-7H2,1-3H3/t9-/m0/s1. The van der Waals surface area contributed by atoms with Gasteiger partial charge < -0.3 is 4.74 Å². The maximum Gasteiger partial charge on any atom is 0.322 e. The highest BCUT2D eigenvalue weighted by atomic mass is 16.5. The number of aromatic nitrogens is 3. The number of rotatable bonds is 5. The van der Waals surface area contributed by atoms with Gasteiger partial charge in [0.2, 0.25) is 0 Å². The van der Waals surface area contributed by atoms with E-state index in [2.05, 4.69) is 15.0 Å². The molecule has 0 unspecified atom stereocenters. The normalized spacial score (nSPS) is 17.6. The molecular formula is C12H20N4O2. The SMILES string of the molecule is COC(=O)[C@H](C)N(Cc1ncnn1C)C1CCC1. The summed E-state index contributed by atoms with van der Waals surface area (Å²) in [6, 6.07) is 0.216. The molecule has 0 aliphatic heterocycles. The van der Waals surface area contributed by atoms with Crippen molar-refractivity contribution >= 4 is 5.97 Å². The summed E-state index contributed by atoms with van der Waals surface area (Å²) >= 11 is 0. The molecule has 0 radical (unpaired) electrons. The van der Waals surface area contributed by atoms with Gasteiger partial charge in [0.25, 0.3) is 0 Å². The van der Waals surface area contributed by atoms with E-state index in [1.54, 1.807) is 4.68 Å². The first-order valence-electron chi connectivity index (χ1n) is 6.30. The van der Waals surface area contributed by atoms with E-state index < -0.39 is 0 Å². The molecule has 100 valence electrons. The summed E-state index contributed by atoms with van der Waals surface area (Å²) in [6.45, 7) is 2.53. The van der Waals surface area contributed by atoms with Crippen molar-refractivity contribution in [3.8, 4) is 0 Å². The van der Waals surface area contributed by atoms with Gasteiger partial charge in [0.1, 0.15) is 18.2 Å². The Labute approximate surface area is 107 Å². The van der Waals surface area contributed by atoms with Gasteiger partial charge in [-0.05, 0) is 19.8 Å². The fourth-order valence-corrected chi connectivity index (χ4v) is 2.23. The van der Waals surface area contributed by atoms with Gasteiger partial charge in [-0.1, -0.05) is 6.42 Å². The molecule has 0 spiro atoms. The Kier molecular flexibility index (Phi) is 3.96. The van der Waals surface area contributed by atoms with Crippen LogP contribution >= 0.6 is 0 Å². The molecule has 1 aliphatic carbocycles. The number of methoxy groups -OCH3 is 1. The minimum absolute atomic E-state index is 0.191. The number of carbonyl (C=O) groups is 1. The lowest BCUT2D eigenvalue weighted by atomic mass is 9.90. The average molecular weight is 252 g/mol. The van der Waals surface area contributed by atoms with Gasteiger partial charge in [-0.3, -0.25) is 14.4 Å². The van der Waals surface area contributed by atoms with Crippen LogP contribution in [0.3, 0.4) is 0 Å². The van der Waals surface area contributed by atoms with Gasteiger partial charge in [-0.2, -0.15) is 5.10 Å². The molecule has 1 heterocycles. The number of hydrogen-bond donors (Lipinski definition) is 0. The van der Waals surface area contributed by atoms with Crippen LogP contribution in [0, 0.1) is 0 Å². The lowest BCUT2D eigenvalue weighted by Crippen LogP contribution is -2.48. The van der Waals surface area contributed by atoms with Gasteiger partial charge in [-0.15, -0.1) is 0 Å². The number of ether oxygens (including phenoxy) is 1. The van der Waals surface area contributed by atoms with E-state index in [0.29, 0.717) is 12.6 Å². The molecule has 0 aromatic carbocycles. The van der Waals surface area contributed by atoms with Crippen molar-refractivity contribution in [1.29, 1.82) is 0 Å². The third-order valence-corrected chi connectivity index (χ3v) is 3.71. The zero-order chi connectivity index (χ0) is 13.1. The largest absolute Gasteiger partial charge is 0.468 e. The Balaban J connectivity index is 2.10. The van der Waals surface area contributed by atoms with Gasteiger partial charge in [-0.25, -0.2) is 4.98 Å². The van der Waals surface area contributed by atoms with Crippen LogP contribution in [-0.2, 0) is 23.1 Å². The molecule has 1 aromatic rings. The van der Waals surface area contributed by atoms with Crippen LogP contribution < -0.4 is 0 Å².